The second kappa shape index (κ2) is 10.5. The molecule has 2 aromatic heterocycles. The number of fused-ring (bicyclic) bond motifs is 4. The van der Waals surface area contributed by atoms with Crippen LogP contribution in [0, 0.1) is 17.7 Å². The van der Waals surface area contributed by atoms with E-state index in [9.17, 15) is 4.79 Å². The molecule has 222 valence electrons. The summed E-state index contributed by atoms with van der Waals surface area (Å²) in [6.07, 6.45) is 9.68. The number of anilines is 1. The van der Waals surface area contributed by atoms with Gasteiger partial charge in [-0.15, -0.1) is 0 Å². The molecule has 0 saturated carbocycles. The lowest BCUT2D eigenvalue weighted by molar-refractivity contribution is 0.0146. The van der Waals surface area contributed by atoms with E-state index in [2.05, 4.69) is 33.6 Å². The van der Waals surface area contributed by atoms with Crippen LogP contribution in [-0.4, -0.2) is 86.9 Å². The maximum absolute atomic E-state index is 15.3. The van der Waals surface area contributed by atoms with Crippen molar-refractivity contribution in [1.82, 2.24) is 24.8 Å². The molecule has 1 amide bonds. The number of rotatable bonds is 6. The van der Waals surface area contributed by atoms with Crippen LogP contribution in [-0.2, 0) is 4.74 Å². The lowest BCUT2D eigenvalue weighted by atomic mass is 9.86. The Morgan fingerprint density at radius 2 is 1.71 bits per heavy atom. The molecule has 41 heavy (non-hydrogen) atoms. The maximum Gasteiger partial charge on any atom is 0.411 e. The van der Waals surface area contributed by atoms with Gasteiger partial charge in [-0.05, 0) is 45.4 Å². The number of hydrogen-bond donors (Lipinski definition) is 0. The van der Waals surface area contributed by atoms with Crippen LogP contribution in [0.2, 0.25) is 5.15 Å². The van der Waals surface area contributed by atoms with Gasteiger partial charge in [-0.1, -0.05) is 50.4 Å². The van der Waals surface area contributed by atoms with E-state index in [0.717, 1.165) is 38.8 Å². The first-order valence-corrected chi connectivity index (χ1v) is 15.2. The summed E-state index contributed by atoms with van der Waals surface area (Å²) in [5, 5.41) is 0.223. The minimum atomic E-state index is -0.690. The Hall–Kier alpha value is -2.72. The monoisotopic (exact) mass is 586 g/mol. The number of carbonyl (C=O) groups excluding carboxylic acids is 1. The Morgan fingerprint density at radius 3 is 2.29 bits per heavy atom. The van der Waals surface area contributed by atoms with Crippen LogP contribution in [0.1, 0.15) is 60.3 Å². The van der Waals surface area contributed by atoms with Crippen LogP contribution in [0.5, 0.6) is 6.01 Å². The first-order valence-electron chi connectivity index (χ1n) is 14.8. The summed E-state index contributed by atoms with van der Waals surface area (Å²) in [6.45, 7) is 13.7. The fraction of sp³-hybridized carbons (Fsp3) is 0.667. The molecular weight excluding hydrogens is 547 g/mol. The van der Waals surface area contributed by atoms with Crippen molar-refractivity contribution in [1.29, 1.82) is 0 Å². The summed E-state index contributed by atoms with van der Waals surface area (Å²) >= 11 is 6.08. The SMILES string of the molecule is CC[C@@H]1CN2C[C@@H](CC)CC2(COc2nc(N3C[C@@H]4C=C[C@@H](C3)N4C(=O)OC(C)(C)C)c3cnc(Cl)c(F)c3n2)C1. The highest BCUT2D eigenvalue weighted by atomic mass is 35.5. The molecule has 0 aliphatic carbocycles. The molecule has 9 nitrogen and oxygen atoms in total. The molecule has 0 unspecified atom stereocenters. The van der Waals surface area contributed by atoms with Crippen molar-refractivity contribution < 1.29 is 18.7 Å². The van der Waals surface area contributed by atoms with Gasteiger partial charge in [0.15, 0.2) is 11.0 Å². The molecule has 0 radical (unpaired) electrons. The fourth-order valence-corrected chi connectivity index (χ4v) is 7.30. The minimum Gasteiger partial charge on any atom is -0.461 e. The molecule has 11 heteroatoms. The molecule has 4 atom stereocenters. The Morgan fingerprint density at radius 1 is 1.07 bits per heavy atom. The van der Waals surface area contributed by atoms with E-state index in [4.69, 9.17) is 26.1 Å². The molecule has 6 rings (SSSR count). The highest BCUT2D eigenvalue weighted by Gasteiger charge is 2.51. The van der Waals surface area contributed by atoms with Gasteiger partial charge < -0.3 is 14.4 Å². The van der Waals surface area contributed by atoms with Crippen LogP contribution < -0.4 is 9.64 Å². The zero-order valence-corrected chi connectivity index (χ0v) is 25.3. The molecule has 0 N–H and O–H groups in total. The molecule has 0 spiro atoms. The van der Waals surface area contributed by atoms with E-state index in [-0.39, 0.29) is 40.4 Å². The second-order valence-electron chi connectivity index (χ2n) is 13.1. The van der Waals surface area contributed by atoms with E-state index in [1.54, 1.807) is 4.90 Å². The molecular formula is C30H40ClFN6O3. The summed E-state index contributed by atoms with van der Waals surface area (Å²) in [4.78, 5) is 32.8. The summed E-state index contributed by atoms with van der Waals surface area (Å²) in [5.41, 5.74) is -0.547. The second-order valence-corrected chi connectivity index (χ2v) is 13.5. The van der Waals surface area contributed by atoms with Gasteiger partial charge in [0, 0.05) is 32.4 Å². The first-order chi connectivity index (χ1) is 19.5. The van der Waals surface area contributed by atoms with Crippen LogP contribution in [0.3, 0.4) is 0 Å². The first kappa shape index (κ1) is 28.4. The lowest BCUT2D eigenvalue weighted by Gasteiger charge is -2.42. The van der Waals surface area contributed by atoms with Crippen molar-refractivity contribution in [3.8, 4) is 6.01 Å². The highest BCUT2D eigenvalue weighted by molar-refractivity contribution is 6.30. The predicted octanol–water partition coefficient (Wildman–Crippen LogP) is 5.46. The highest BCUT2D eigenvalue weighted by Crippen LogP contribution is 2.46. The Bertz CT molecular complexity index is 1330. The quantitative estimate of drug-likeness (QED) is 0.326. The van der Waals surface area contributed by atoms with Crippen LogP contribution in [0.15, 0.2) is 18.3 Å². The van der Waals surface area contributed by atoms with E-state index >= 15 is 4.39 Å². The largest absolute Gasteiger partial charge is 0.461 e. The number of ether oxygens (including phenoxy) is 2. The fourth-order valence-electron chi connectivity index (χ4n) is 7.16. The summed E-state index contributed by atoms with van der Waals surface area (Å²) in [5.74, 6) is 1.14. The predicted molar refractivity (Wildman–Crippen MR) is 156 cm³/mol. The zero-order chi connectivity index (χ0) is 29.1. The number of nitrogens with zero attached hydrogens (tertiary/aromatic N) is 6. The van der Waals surface area contributed by atoms with Gasteiger partial charge in [0.1, 0.15) is 23.5 Å². The van der Waals surface area contributed by atoms with Gasteiger partial charge in [-0.3, -0.25) is 9.80 Å². The zero-order valence-electron chi connectivity index (χ0n) is 24.6. The van der Waals surface area contributed by atoms with Gasteiger partial charge in [-0.2, -0.15) is 9.97 Å². The Labute approximate surface area is 246 Å². The smallest absolute Gasteiger partial charge is 0.411 e. The number of pyridine rings is 1. The van der Waals surface area contributed by atoms with Crippen molar-refractivity contribution in [3.63, 3.8) is 0 Å². The summed E-state index contributed by atoms with van der Waals surface area (Å²) in [6, 6.07) is -0.272. The number of aromatic nitrogens is 3. The number of amides is 1. The normalized spacial score (nSPS) is 27.1. The van der Waals surface area contributed by atoms with Gasteiger partial charge in [0.2, 0.25) is 0 Å². The van der Waals surface area contributed by atoms with Crippen molar-refractivity contribution >= 4 is 34.4 Å². The molecule has 6 heterocycles. The Balaban J connectivity index is 1.29. The average Bonchev–Trinajstić information content (AvgIpc) is 3.53. The molecule has 3 saturated heterocycles. The molecule has 2 aromatic rings. The molecule has 2 bridgehead atoms. The number of hydrogen-bond acceptors (Lipinski definition) is 8. The maximum atomic E-state index is 15.3. The van der Waals surface area contributed by atoms with Gasteiger partial charge in [-0.25, -0.2) is 14.2 Å². The van der Waals surface area contributed by atoms with Crippen LogP contribution in [0.25, 0.3) is 10.9 Å². The standard InChI is InChI=1S/C30H40ClFN6O3/c1-6-18-10-30(11-19(7-2)14-37(30)13-18)17-40-27-34-24-22(12-33-25(31)23(24)32)26(35-27)36-15-20-8-9-21(16-36)38(20)28(39)41-29(3,4)5/h8-9,12,18-21H,6-7,10-11,13-17H2,1-5H3/t18-,19-,20-,21-/m0/s1. The molecule has 4 aliphatic rings. The molecule has 3 fully saturated rings. The van der Waals surface area contributed by atoms with Crippen LogP contribution in [0.4, 0.5) is 15.0 Å². The number of carbonyl (C=O) groups is 1. The van der Waals surface area contributed by atoms with Gasteiger partial charge in [0.25, 0.3) is 0 Å². The van der Waals surface area contributed by atoms with Crippen molar-refractivity contribution in [2.75, 3.05) is 37.7 Å². The van der Waals surface area contributed by atoms with E-state index < -0.39 is 11.4 Å². The lowest BCUT2D eigenvalue weighted by Crippen LogP contribution is -2.57. The van der Waals surface area contributed by atoms with E-state index in [0.29, 0.717) is 42.7 Å². The minimum absolute atomic E-state index is 0.0453. The van der Waals surface area contributed by atoms with E-state index in [1.165, 1.54) is 6.20 Å². The third kappa shape index (κ3) is 5.22. The third-order valence-corrected chi connectivity index (χ3v) is 9.44. The summed E-state index contributed by atoms with van der Waals surface area (Å²) in [7, 11) is 0. The van der Waals surface area contributed by atoms with Crippen LogP contribution >= 0.6 is 11.6 Å². The summed E-state index contributed by atoms with van der Waals surface area (Å²) < 4.78 is 27.4. The Kier molecular flexibility index (Phi) is 7.29. The van der Waals surface area contributed by atoms with E-state index in [1.807, 2.05) is 32.9 Å². The third-order valence-electron chi connectivity index (χ3n) is 9.18. The van der Waals surface area contributed by atoms with Gasteiger partial charge in [0.05, 0.1) is 23.0 Å². The average molecular weight is 587 g/mol. The van der Waals surface area contributed by atoms with Gasteiger partial charge >= 0.3 is 12.1 Å². The molecule has 0 aromatic carbocycles. The molecule has 4 aliphatic heterocycles. The van der Waals surface area contributed by atoms with Crippen molar-refractivity contribution in [2.45, 2.75) is 83.5 Å². The number of halogens is 2. The topological polar surface area (TPSA) is 83.9 Å². The van der Waals surface area contributed by atoms with Crippen molar-refractivity contribution in [3.05, 3.63) is 29.3 Å². The number of piperazine rings is 1. The van der Waals surface area contributed by atoms with Crippen molar-refractivity contribution in [2.24, 2.45) is 11.8 Å².